The number of hydrogen-bond acceptors (Lipinski definition) is 6. The zero-order chi connectivity index (χ0) is 22.6. The van der Waals surface area contributed by atoms with Gasteiger partial charge in [0.1, 0.15) is 4.90 Å². The first-order valence-electron chi connectivity index (χ1n) is 9.78. The van der Waals surface area contributed by atoms with Gasteiger partial charge in [-0.1, -0.05) is 37.6 Å². The minimum Gasteiger partial charge on any atom is -0.452 e. The fourth-order valence-electron chi connectivity index (χ4n) is 3.25. The number of nitrogens with zero attached hydrogens (tertiary/aromatic N) is 2. The average Bonchev–Trinajstić information content (AvgIpc) is 2.77. The maximum Gasteiger partial charge on any atom is 0.338 e. The Morgan fingerprint density at radius 3 is 2.58 bits per heavy atom. The van der Waals surface area contributed by atoms with Crippen LogP contribution in [-0.2, 0) is 19.6 Å². The average molecular weight is 483 g/mol. The Labute approximate surface area is 191 Å². The van der Waals surface area contributed by atoms with E-state index in [-0.39, 0.29) is 34.5 Å². The van der Waals surface area contributed by atoms with E-state index in [0.717, 1.165) is 16.3 Å². The molecule has 2 aromatic rings. The first-order chi connectivity index (χ1) is 14.8. The molecule has 1 aliphatic rings. The molecule has 1 amide bonds. The van der Waals surface area contributed by atoms with Crippen molar-refractivity contribution in [1.29, 1.82) is 0 Å². The van der Waals surface area contributed by atoms with Crippen molar-refractivity contribution in [3.05, 3.63) is 53.1 Å². The number of carbonyl (C=O) groups is 2. The van der Waals surface area contributed by atoms with Crippen LogP contribution in [0.15, 0.2) is 52.3 Å². The molecular weight excluding hydrogens is 460 g/mol. The van der Waals surface area contributed by atoms with Crippen molar-refractivity contribution in [2.75, 3.05) is 36.9 Å². The third kappa shape index (κ3) is 5.06. The van der Waals surface area contributed by atoms with E-state index in [1.165, 1.54) is 22.5 Å². The fourth-order valence-corrected chi connectivity index (χ4v) is 6.20. The maximum atomic E-state index is 12.8. The van der Waals surface area contributed by atoms with Gasteiger partial charge in [0.2, 0.25) is 10.0 Å². The molecule has 1 aliphatic heterocycles. The minimum absolute atomic E-state index is 0.0116. The number of halogens is 1. The highest BCUT2D eigenvalue weighted by molar-refractivity contribution is 7.99. The summed E-state index contributed by atoms with van der Waals surface area (Å²) in [5.74, 6) is -0.382. The van der Waals surface area contributed by atoms with Crippen molar-refractivity contribution in [2.45, 2.75) is 23.6 Å². The van der Waals surface area contributed by atoms with Crippen molar-refractivity contribution in [2.24, 2.45) is 0 Å². The van der Waals surface area contributed by atoms with Crippen molar-refractivity contribution in [3.63, 3.8) is 0 Å². The van der Waals surface area contributed by atoms with Crippen LogP contribution >= 0.6 is 23.4 Å². The van der Waals surface area contributed by atoms with Crippen molar-refractivity contribution in [1.82, 2.24) is 4.31 Å². The van der Waals surface area contributed by atoms with Gasteiger partial charge < -0.3 is 9.64 Å². The van der Waals surface area contributed by atoms with Gasteiger partial charge in [-0.25, -0.2) is 13.2 Å². The Morgan fingerprint density at radius 1 is 1.16 bits per heavy atom. The molecule has 0 N–H and O–H groups in total. The van der Waals surface area contributed by atoms with Crippen molar-refractivity contribution >= 4 is 50.9 Å². The molecule has 1 heterocycles. The molecule has 0 radical (unpaired) electrons. The lowest BCUT2D eigenvalue weighted by Crippen LogP contribution is -2.38. The molecule has 10 heteroatoms. The van der Waals surface area contributed by atoms with Crippen molar-refractivity contribution in [3.8, 4) is 0 Å². The highest BCUT2D eigenvalue weighted by Gasteiger charge is 2.27. The summed E-state index contributed by atoms with van der Waals surface area (Å²) in [6.45, 7) is 4.05. The van der Waals surface area contributed by atoms with Gasteiger partial charge in [0.15, 0.2) is 6.61 Å². The number of amides is 1. The second-order valence-electron chi connectivity index (χ2n) is 6.67. The zero-order valence-electron chi connectivity index (χ0n) is 17.2. The van der Waals surface area contributed by atoms with E-state index < -0.39 is 22.6 Å². The first kappa shape index (κ1) is 23.6. The standard InChI is InChI=1S/C21H23ClN2O5S2/c1-3-23(4-2)31(27,28)19-13-15(9-10-16(19)22)21(26)29-14-20(25)24-11-12-30-18-8-6-5-7-17(18)24/h5-10,13H,3-4,11-12,14H2,1-2H3. The molecule has 3 rings (SSSR count). The molecule has 0 spiro atoms. The van der Waals surface area contributed by atoms with Crippen LogP contribution in [0.4, 0.5) is 5.69 Å². The Kier molecular flexibility index (Phi) is 7.64. The van der Waals surface area contributed by atoms with Crippen molar-refractivity contribution < 1.29 is 22.7 Å². The molecule has 0 saturated heterocycles. The van der Waals surface area contributed by atoms with Gasteiger partial charge in [-0.3, -0.25) is 4.79 Å². The molecule has 0 bridgehead atoms. The fraction of sp³-hybridized carbons (Fsp3) is 0.333. The van der Waals surface area contributed by atoms with Gasteiger partial charge in [-0.2, -0.15) is 4.31 Å². The monoisotopic (exact) mass is 482 g/mol. The number of fused-ring (bicyclic) bond motifs is 1. The quantitative estimate of drug-likeness (QED) is 0.560. The SMILES string of the molecule is CCN(CC)S(=O)(=O)c1cc(C(=O)OCC(=O)N2CCSc3ccccc32)ccc1Cl. The molecule has 0 aliphatic carbocycles. The predicted molar refractivity (Wildman–Crippen MR) is 121 cm³/mol. The second-order valence-corrected chi connectivity index (χ2v) is 10.1. The summed E-state index contributed by atoms with van der Waals surface area (Å²) in [7, 11) is -3.85. The number of sulfonamides is 1. The van der Waals surface area contributed by atoms with Crippen LogP contribution < -0.4 is 4.90 Å². The number of esters is 1. The van der Waals surface area contributed by atoms with Gasteiger partial charge in [0.05, 0.1) is 16.3 Å². The summed E-state index contributed by atoms with van der Waals surface area (Å²) in [5, 5.41) is 0.0157. The molecule has 0 atom stereocenters. The van der Waals surface area contributed by atoms with E-state index in [4.69, 9.17) is 16.3 Å². The molecule has 0 saturated carbocycles. The molecular formula is C21H23ClN2O5S2. The van der Waals surface area contributed by atoms with Gasteiger partial charge >= 0.3 is 5.97 Å². The Hall–Kier alpha value is -2.07. The van der Waals surface area contributed by atoms with Crippen LogP contribution in [0.1, 0.15) is 24.2 Å². The number of para-hydroxylation sites is 1. The van der Waals surface area contributed by atoms with E-state index >= 15 is 0 Å². The van der Waals surface area contributed by atoms with Gasteiger partial charge in [-0.15, -0.1) is 11.8 Å². The summed E-state index contributed by atoms with van der Waals surface area (Å²) >= 11 is 7.77. The molecule has 0 aromatic heterocycles. The lowest BCUT2D eigenvalue weighted by Gasteiger charge is -2.28. The number of hydrogen-bond donors (Lipinski definition) is 0. The van der Waals surface area contributed by atoms with Crippen LogP contribution in [-0.4, -0.2) is 56.6 Å². The number of rotatable bonds is 7. The molecule has 166 valence electrons. The largest absolute Gasteiger partial charge is 0.452 e. The topological polar surface area (TPSA) is 84.0 Å². The van der Waals surface area contributed by atoms with Crippen LogP contribution in [0.5, 0.6) is 0 Å². The zero-order valence-corrected chi connectivity index (χ0v) is 19.6. The van der Waals surface area contributed by atoms with E-state index in [1.54, 1.807) is 30.5 Å². The van der Waals surface area contributed by atoms with E-state index in [1.807, 2.05) is 24.3 Å². The van der Waals surface area contributed by atoms with Gasteiger partial charge in [-0.05, 0) is 30.3 Å². The number of ether oxygens (including phenoxy) is 1. The molecule has 2 aromatic carbocycles. The number of anilines is 1. The van der Waals surface area contributed by atoms with Crippen LogP contribution in [0.25, 0.3) is 0 Å². The minimum atomic E-state index is -3.85. The van der Waals surface area contributed by atoms with Gasteiger partial charge in [0.25, 0.3) is 5.91 Å². The van der Waals surface area contributed by atoms with Gasteiger partial charge in [0, 0.05) is 30.3 Å². The third-order valence-corrected chi connectivity index (χ3v) is 8.42. The summed E-state index contributed by atoms with van der Waals surface area (Å²) in [6.07, 6.45) is 0. The lowest BCUT2D eigenvalue weighted by molar-refractivity contribution is -0.121. The van der Waals surface area contributed by atoms with Crippen LogP contribution in [0.3, 0.4) is 0 Å². The van der Waals surface area contributed by atoms with E-state index in [9.17, 15) is 18.0 Å². The second kappa shape index (κ2) is 10.0. The van der Waals surface area contributed by atoms with E-state index in [0.29, 0.717) is 6.54 Å². The normalized spacial score (nSPS) is 13.7. The number of carbonyl (C=O) groups excluding carboxylic acids is 2. The number of thioether (sulfide) groups is 1. The molecule has 0 unspecified atom stereocenters. The summed E-state index contributed by atoms with van der Waals surface area (Å²) in [6, 6.07) is 11.5. The summed E-state index contributed by atoms with van der Waals surface area (Å²) in [4.78, 5) is 27.6. The lowest BCUT2D eigenvalue weighted by atomic mass is 10.2. The summed E-state index contributed by atoms with van der Waals surface area (Å²) in [5.41, 5.74) is 0.802. The smallest absolute Gasteiger partial charge is 0.338 e. The Bertz CT molecular complexity index is 1090. The molecule has 31 heavy (non-hydrogen) atoms. The highest BCUT2D eigenvalue weighted by Crippen LogP contribution is 2.34. The maximum absolute atomic E-state index is 12.8. The Morgan fingerprint density at radius 2 is 1.87 bits per heavy atom. The Balaban J connectivity index is 1.74. The van der Waals surface area contributed by atoms with Crippen LogP contribution in [0.2, 0.25) is 5.02 Å². The predicted octanol–water partition coefficient (Wildman–Crippen LogP) is 3.67. The molecule has 0 fully saturated rings. The van der Waals surface area contributed by atoms with E-state index in [2.05, 4.69) is 0 Å². The highest BCUT2D eigenvalue weighted by atomic mass is 35.5. The molecule has 7 nitrogen and oxygen atoms in total. The first-order valence-corrected chi connectivity index (χ1v) is 12.6. The third-order valence-electron chi connectivity index (χ3n) is 4.85. The van der Waals surface area contributed by atoms with Crippen LogP contribution in [0, 0.1) is 0 Å². The summed E-state index contributed by atoms with van der Waals surface area (Å²) < 4.78 is 32.1. The number of benzene rings is 2.